The second-order valence-corrected chi connectivity index (χ2v) is 6.79. The van der Waals surface area contributed by atoms with E-state index < -0.39 is 4.92 Å². The Balaban J connectivity index is 1.77. The van der Waals surface area contributed by atoms with E-state index in [1.165, 1.54) is 33.7 Å². The topological polar surface area (TPSA) is 91.7 Å². The van der Waals surface area contributed by atoms with Crippen LogP contribution in [0, 0.1) is 17.0 Å². The maximum absolute atomic E-state index is 10.7. The Morgan fingerprint density at radius 3 is 2.87 bits per heavy atom. The van der Waals surface area contributed by atoms with Crippen LogP contribution in [0.15, 0.2) is 29.0 Å². The number of hydrogen-bond donors (Lipinski definition) is 0. The second kappa shape index (κ2) is 6.50. The summed E-state index contributed by atoms with van der Waals surface area (Å²) in [6, 6.07) is 2.09. The summed E-state index contributed by atoms with van der Waals surface area (Å²) in [5.74, 6) is 1.28. The molecular weight excluding hydrogens is 336 g/mol. The van der Waals surface area contributed by atoms with Gasteiger partial charge in [-0.3, -0.25) is 14.8 Å². The molecule has 0 aromatic carbocycles. The summed E-state index contributed by atoms with van der Waals surface area (Å²) in [7, 11) is 0. The van der Waals surface area contributed by atoms with E-state index in [9.17, 15) is 10.1 Å². The van der Waals surface area contributed by atoms with Crippen molar-refractivity contribution in [3.63, 3.8) is 0 Å². The minimum atomic E-state index is -0.459. The first-order valence-electron chi connectivity index (χ1n) is 6.87. The van der Waals surface area contributed by atoms with Gasteiger partial charge in [0.15, 0.2) is 11.0 Å². The first kappa shape index (κ1) is 15.7. The van der Waals surface area contributed by atoms with Gasteiger partial charge >= 0.3 is 5.69 Å². The maximum Gasteiger partial charge on any atom is 0.307 e. The monoisotopic (exact) mass is 350 g/mol. The average Bonchev–Trinajstić information content (AvgIpc) is 3.23. The molecule has 0 atom stereocenters. The quantitative estimate of drug-likeness (QED) is 0.385. The lowest BCUT2D eigenvalue weighted by molar-refractivity contribution is -0.385. The second-order valence-electron chi connectivity index (χ2n) is 4.77. The smallest absolute Gasteiger partial charge is 0.302 e. The van der Waals surface area contributed by atoms with Gasteiger partial charge in [0.2, 0.25) is 0 Å². The minimum Gasteiger partial charge on any atom is -0.302 e. The standard InChI is InChI=1S/C13H14N6O2S2/c1-3-18-12(10-4-9(2)22-7-10)15-16-13(18)23-8-17-6-11(5-14-17)19(20)21/h4-7H,3,8H2,1-2H3. The molecule has 23 heavy (non-hydrogen) atoms. The number of rotatable bonds is 6. The summed E-state index contributed by atoms with van der Waals surface area (Å²) in [6.07, 6.45) is 2.65. The zero-order chi connectivity index (χ0) is 16.4. The van der Waals surface area contributed by atoms with Gasteiger partial charge in [0, 0.05) is 22.4 Å². The van der Waals surface area contributed by atoms with Crippen molar-refractivity contribution in [3.8, 4) is 11.4 Å². The molecule has 0 aliphatic heterocycles. The van der Waals surface area contributed by atoms with E-state index in [0.29, 0.717) is 5.88 Å². The van der Waals surface area contributed by atoms with Crippen molar-refractivity contribution in [2.75, 3.05) is 0 Å². The molecule has 0 fully saturated rings. The predicted octanol–water partition coefficient (Wildman–Crippen LogP) is 3.19. The highest BCUT2D eigenvalue weighted by Crippen LogP contribution is 2.28. The van der Waals surface area contributed by atoms with E-state index in [1.807, 2.05) is 11.5 Å². The number of thiophene rings is 1. The highest BCUT2D eigenvalue weighted by atomic mass is 32.2. The van der Waals surface area contributed by atoms with Gasteiger partial charge in [-0.15, -0.1) is 21.5 Å². The number of thioether (sulfide) groups is 1. The highest BCUT2D eigenvalue weighted by molar-refractivity contribution is 7.98. The molecule has 0 aliphatic rings. The molecule has 0 aliphatic carbocycles. The summed E-state index contributed by atoms with van der Waals surface area (Å²) >= 11 is 3.12. The summed E-state index contributed by atoms with van der Waals surface area (Å²) < 4.78 is 3.55. The van der Waals surface area contributed by atoms with Crippen molar-refractivity contribution in [3.05, 3.63) is 38.8 Å². The number of hydrogen-bond acceptors (Lipinski definition) is 7. The summed E-state index contributed by atoms with van der Waals surface area (Å²) in [6.45, 7) is 4.84. The van der Waals surface area contributed by atoms with Crippen LogP contribution in [0.4, 0.5) is 5.69 Å². The van der Waals surface area contributed by atoms with Crippen molar-refractivity contribution >= 4 is 28.8 Å². The first-order valence-corrected chi connectivity index (χ1v) is 8.73. The fourth-order valence-electron chi connectivity index (χ4n) is 2.10. The fraction of sp³-hybridized carbons (Fsp3) is 0.308. The normalized spacial score (nSPS) is 11.0. The van der Waals surface area contributed by atoms with Gasteiger partial charge in [-0.25, -0.2) is 0 Å². The first-order chi connectivity index (χ1) is 11.1. The van der Waals surface area contributed by atoms with Gasteiger partial charge in [-0.05, 0) is 19.9 Å². The van der Waals surface area contributed by atoms with Crippen LogP contribution in [0.1, 0.15) is 11.8 Å². The van der Waals surface area contributed by atoms with E-state index >= 15 is 0 Å². The molecule has 3 aromatic rings. The third-order valence-electron chi connectivity index (χ3n) is 3.18. The molecule has 0 radical (unpaired) electrons. The van der Waals surface area contributed by atoms with Gasteiger partial charge in [0.05, 0.1) is 10.8 Å². The van der Waals surface area contributed by atoms with Gasteiger partial charge in [0.1, 0.15) is 12.4 Å². The van der Waals surface area contributed by atoms with Crippen LogP contribution >= 0.6 is 23.1 Å². The largest absolute Gasteiger partial charge is 0.307 e. The fourth-order valence-corrected chi connectivity index (χ4v) is 3.64. The Bertz CT molecular complexity index is 837. The molecule has 0 spiro atoms. The minimum absolute atomic E-state index is 0.0167. The van der Waals surface area contributed by atoms with Crippen LogP contribution in [0.2, 0.25) is 0 Å². The number of nitrogens with zero attached hydrogens (tertiary/aromatic N) is 6. The highest BCUT2D eigenvalue weighted by Gasteiger charge is 2.15. The van der Waals surface area contributed by atoms with Crippen LogP contribution in [-0.4, -0.2) is 29.5 Å². The Kier molecular flexibility index (Phi) is 4.44. The SMILES string of the molecule is CCn1c(SCn2cc([N+](=O)[O-])cn2)nnc1-c1csc(C)c1. The van der Waals surface area contributed by atoms with Crippen LogP contribution in [0.25, 0.3) is 11.4 Å². The van der Waals surface area contributed by atoms with Crippen molar-refractivity contribution in [1.29, 1.82) is 0 Å². The molecular formula is C13H14N6O2S2. The lowest BCUT2D eigenvalue weighted by Gasteiger charge is -2.06. The Morgan fingerprint density at radius 1 is 1.43 bits per heavy atom. The molecule has 120 valence electrons. The van der Waals surface area contributed by atoms with E-state index in [4.69, 9.17) is 0 Å². The molecule has 3 aromatic heterocycles. The molecule has 3 rings (SSSR count). The lowest BCUT2D eigenvalue weighted by atomic mass is 10.3. The van der Waals surface area contributed by atoms with Crippen LogP contribution in [0.5, 0.6) is 0 Å². The zero-order valence-corrected chi connectivity index (χ0v) is 14.2. The maximum atomic E-state index is 10.7. The summed E-state index contributed by atoms with van der Waals surface area (Å²) in [5.41, 5.74) is 1.04. The van der Waals surface area contributed by atoms with E-state index in [0.717, 1.165) is 23.1 Å². The van der Waals surface area contributed by atoms with Crippen LogP contribution < -0.4 is 0 Å². The van der Waals surface area contributed by atoms with Gasteiger partial charge in [-0.2, -0.15) is 5.10 Å². The molecule has 8 nitrogen and oxygen atoms in total. The van der Waals surface area contributed by atoms with Crippen molar-refractivity contribution in [2.45, 2.75) is 31.4 Å². The van der Waals surface area contributed by atoms with Gasteiger partial charge < -0.3 is 4.57 Å². The Labute approximate surface area is 140 Å². The van der Waals surface area contributed by atoms with Crippen LogP contribution in [-0.2, 0) is 12.4 Å². The van der Waals surface area contributed by atoms with Crippen molar-refractivity contribution in [2.24, 2.45) is 0 Å². The van der Waals surface area contributed by atoms with E-state index in [1.54, 1.807) is 11.3 Å². The third kappa shape index (κ3) is 3.27. The Hall–Kier alpha value is -2.20. The number of aryl methyl sites for hydroxylation is 1. The van der Waals surface area contributed by atoms with E-state index in [-0.39, 0.29) is 5.69 Å². The summed E-state index contributed by atoms with van der Waals surface area (Å²) in [4.78, 5) is 11.4. The lowest BCUT2D eigenvalue weighted by Crippen LogP contribution is -2.01. The molecule has 0 bridgehead atoms. The molecule has 0 saturated heterocycles. The third-order valence-corrected chi connectivity index (χ3v) is 4.99. The molecule has 0 saturated carbocycles. The average molecular weight is 350 g/mol. The van der Waals surface area contributed by atoms with Gasteiger partial charge in [-0.1, -0.05) is 11.8 Å². The van der Waals surface area contributed by atoms with E-state index in [2.05, 4.69) is 33.7 Å². The molecule has 10 heteroatoms. The zero-order valence-electron chi connectivity index (χ0n) is 12.5. The van der Waals surface area contributed by atoms with Gasteiger partial charge in [0.25, 0.3) is 0 Å². The molecule has 0 unspecified atom stereocenters. The molecule has 3 heterocycles. The number of nitro groups is 1. The molecule has 0 N–H and O–H groups in total. The number of aromatic nitrogens is 5. The Morgan fingerprint density at radius 2 is 2.26 bits per heavy atom. The van der Waals surface area contributed by atoms with Crippen molar-refractivity contribution < 1.29 is 4.92 Å². The predicted molar refractivity (Wildman–Crippen MR) is 88.5 cm³/mol. The molecule has 0 amide bonds. The summed E-state index contributed by atoms with van der Waals surface area (Å²) in [5, 5.41) is 26.0. The van der Waals surface area contributed by atoms with Crippen LogP contribution in [0.3, 0.4) is 0 Å². The van der Waals surface area contributed by atoms with Crippen molar-refractivity contribution in [1.82, 2.24) is 24.5 Å².